The first-order chi connectivity index (χ1) is 11.7. The van der Waals surface area contributed by atoms with Gasteiger partial charge in [0.2, 0.25) is 0 Å². The topological polar surface area (TPSA) is 39.7 Å². The van der Waals surface area contributed by atoms with Crippen molar-refractivity contribution >= 4 is 11.6 Å². The summed E-state index contributed by atoms with van der Waals surface area (Å²) >= 11 is 6.32. The molecule has 24 heavy (non-hydrogen) atoms. The van der Waals surface area contributed by atoms with E-state index in [0.717, 1.165) is 24.3 Å². The molecule has 0 aliphatic carbocycles. The Bertz CT molecular complexity index is 705. The molecule has 3 rings (SSSR count). The summed E-state index contributed by atoms with van der Waals surface area (Å²) in [5.74, 6) is 2.22. The lowest BCUT2D eigenvalue weighted by atomic mass is 10.0. The molecule has 0 saturated heterocycles. The predicted octanol–water partition coefficient (Wildman–Crippen LogP) is 4.36. The molecule has 1 atom stereocenters. The van der Waals surface area contributed by atoms with E-state index in [1.54, 1.807) is 7.11 Å². The van der Waals surface area contributed by atoms with E-state index < -0.39 is 0 Å². The smallest absolute Gasteiger partial charge is 0.179 e. The Morgan fingerprint density at radius 2 is 2.12 bits per heavy atom. The Hall–Kier alpha value is -1.91. The number of fused-ring (bicyclic) bond motifs is 1. The van der Waals surface area contributed by atoms with E-state index in [0.29, 0.717) is 29.7 Å². The zero-order valence-corrected chi connectivity index (χ0v) is 14.7. The van der Waals surface area contributed by atoms with E-state index in [1.807, 2.05) is 37.3 Å². The van der Waals surface area contributed by atoms with Crippen molar-refractivity contribution in [3.05, 3.63) is 52.5 Å². The third kappa shape index (κ3) is 3.60. The first-order valence-corrected chi connectivity index (χ1v) is 8.55. The zero-order valence-electron chi connectivity index (χ0n) is 14.0. The molecule has 0 amide bonds. The van der Waals surface area contributed by atoms with Gasteiger partial charge in [0.1, 0.15) is 5.75 Å². The highest BCUT2D eigenvalue weighted by Crippen LogP contribution is 2.37. The Morgan fingerprint density at radius 1 is 1.29 bits per heavy atom. The maximum atomic E-state index is 6.32. The number of methoxy groups -OCH3 is 1. The molecule has 2 aromatic rings. The Labute approximate surface area is 147 Å². The minimum absolute atomic E-state index is 0.270. The number of hydrogen-bond acceptors (Lipinski definition) is 4. The molecule has 1 aliphatic heterocycles. The fraction of sp³-hybridized carbons (Fsp3) is 0.368. The summed E-state index contributed by atoms with van der Waals surface area (Å²) in [4.78, 5) is 0. The van der Waals surface area contributed by atoms with Gasteiger partial charge < -0.3 is 19.5 Å². The summed E-state index contributed by atoms with van der Waals surface area (Å²) in [7, 11) is 1.60. The molecular formula is C19H22ClNO3. The van der Waals surface area contributed by atoms with Gasteiger partial charge >= 0.3 is 0 Å². The normalized spacial score (nSPS) is 16.2. The van der Waals surface area contributed by atoms with Crippen LogP contribution in [0.15, 0.2) is 36.4 Å². The first-order valence-electron chi connectivity index (χ1n) is 8.17. The van der Waals surface area contributed by atoms with Crippen molar-refractivity contribution in [1.82, 2.24) is 5.32 Å². The van der Waals surface area contributed by atoms with Gasteiger partial charge in [0.05, 0.1) is 25.3 Å². The third-order valence-electron chi connectivity index (χ3n) is 4.08. The average Bonchev–Trinajstić information content (AvgIpc) is 2.60. The lowest BCUT2D eigenvalue weighted by Crippen LogP contribution is -2.26. The van der Waals surface area contributed by atoms with E-state index in [1.165, 1.54) is 5.56 Å². The predicted molar refractivity (Wildman–Crippen MR) is 95.3 cm³/mol. The third-order valence-corrected chi connectivity index (χ3v) is 4.37. The van der Waals surface area contributed by atoms with Crippen molar-refractivity contribution in [2.24, 2.45) is 0 Å². The van der Waals surface area contributed by atoms with Crippen molar-refractivity contribution in [2.75, 3.05) is 20.3 Å². The monoisotopic (exact) mass is 347 g/mol. The second kappa shape index (κ2) is 7.77. The van der Waals surface area contributed by atoms with E-state index >= 15 is 0 Å². The zero-order chi connectivity index (χ0) is 16.9. The van der Waals surface area contributed by atoms with Gasteiger partial charge in [-0.25, -0.2) is 0 Å². The van der Waals surface area contributed by atoms with Crippen molar-refractivity contribution in [2.45, 2.75) is 25.9 Å². The van der Waals surface area contributed by atoms with Crippen molar-refractivity contribution < 1.29 is 14.2 Å². The minimum atomic E-state index is 0.270. The summed E-state index contributed by atoms with van der Waals surface area (Å²) in [5, 5.41) is 4.16. The summed E-state index contributed by atoms with van der Waals surface area (Å²) in [6.07, 6.45) is 0.944. The molecule has 1 heterocycles. The van der Waals surface area contributed by atoms with Crippen LogP contribution in [-0.4, -0.2) is 20.3 Å². The highest BCUT2D eigenvalue weighted by atomic mass is 35.5. The molecule has 0 bridgehead atoms. The van der Waals surface area contributed by atoms with Gasteiger partial charge in [0.15, 0.2) is 11.5 Å². The van der Waals surface area contributed by atoms with Gasteiger partial charge in [-0.1, -0.05) is 29.8 Å². The van der Waals surface area contributed by atoms with Crippen LogP contribution in [0.4, 0.5) is 0 Å². The van der Waals surface area contributed by atoms with Crippen molar-refractivity contribution in [1.29, 1.82) is 0 Å². The van der Waals surface area contributed by atoms with Gasteiger partial charge in [-0.05, 0) is 30.7 Å². The number of ether oxygens (including phenoxy) is 3. The maximum absolute atomic E-state index is 6.32. The minimum Gasteiger partial charge on any atom is -0.493 e. The molecule has 1 N–H and O–H groups in total. The molecule has 0 aromatic heterocycles. The number of hydrogen-bond donors (Lipinski definition) is 1. The summed E-state index contributed by atoms with van der Waals surface area (Å²) in [6.45, 7) is 3.93. The standard InChI is InChI=1S/C19H22ClNO3/c1-3-23-18-11-13(10-15(20)19(18)22-2)12-21-16-8-9-24-17-7-5-4-6-14(16)17/h4-7,10-11,16,21H,3,8-9,12H2,1-2H3/t16-/m1/s1. The maximum Gasteiger partial charge on any atom is 0.179 e. The van der Waals surface area contributed by atoms with Crippen LogP contribution in [0.25, 0.3) is 0 Å². The van der Waals surface area contributed by atoms with E-state index in [2.05, 4.69) is 11.4 Å². The fourth-order valence-electron chi connectivity index (χ4n) is 2.98. The number of benzene rings is 2. The Kier molecular flexibility index (Phi) is 5.48. The second-order valence-corrected chi connectivity index (χ2v) is 6.06. The van der Waals surface area contributed by atoms with Crippen LogP contribution < -0.4 is 19.5 Å². The van der Waals surface area contributed by atoms with E-state index in [9.17, 15) is 0 Å². The van der Waals surface area contributed by atoms with Crippen LogP contribution in [0.3, 0.4) is 0 Å². The lowest BCUT2D eigenvalue weighted by Gasteiger charge is -2.27. The molecule has 0 spiro atoms. The van der Waals surface area contributed by atoms with Crippen LogP contribution in [0, 0.1) is 0 Å². The molecule has 2 aromatic carbocycles. The first kappa shape index (κ1) is 16.9. The van der Waals surface area contributed by atoms with E-state index in [4.69, 9.17) is 25.8 Å². The van der Waals surface area contributed by atoms with Gasteiger partial charge in [0, 0.05) is 24.6 Å². The average molecular weight is 348 g/mol. The highest BCUT2D eigenvalue weighted by Gasteiger charge is 2.20. The number of nitrogens with one attached hydrogen (secondary N) is 1. The Morgan fingerprint density at radius 3 is 2.92 bits per heavy atom. The summed E-state index contributed by atoms with van der Waals surface area (Å²) < 4.78 is 16.7. The fourth-order valence-corrected chi connectivity index (χ4v) is 3.29. The number of rotatable bonds is 6. The van der Waals surface area contributed by atoms with E-state index in [-0.39, 0.29) is 6.04 Å². The summed E-state index contributed by atoms with van der Waals surface area (Å²) in [5.41, 5.74) is 2.27. The van der Waals surface area contributed by atoms with Gasteiger partial charge in [-0.3, -0.25) is 0 Å². The van der Waals surface area contributed by atoms with Gasteiger partial charge in [0.25, 0.3) is 0 Å². The molecule has 0 saturated carbocycles. The molecular weight excluding hydrogens is 326 g/mol. The molecule has 0 unspecified atom stereocenters. The molecule has 128 valence electrons. The second-order valence-electron chi connectivity index (χ2n) is 5.65. The molecule has 4 nitrogen and oxygen atoms in total. The lowest BCUT2D eigenvalue weighted by molar-refractivity contribution is 0.252. The highest BCUT2D eigenvalue weighted by molar-refractivity contribution is 6.32. The summed E-state index contributed by atoms with van der Waals surface area (Å²) in [6, 6.07) is 12.3. The molecule has 0 fully saturated rings. The quantitative estimate of drug-likeness (QED) is 0.842. The molecule has 0 radical (unpaired) electrons. The van der Waals surface area contributed by atoms with Crippen LogP contribution in [0.1, 0.15) is 30.5 Å². The van der Waals surface area contributed by atoms with Gasteiger partial charge in [-0.15, -0.1) is 0 Å². The Balaban J connectivity index is 1.76. The molecule has 5 heteroatoms. The van der Waals surface area contributed by atoms with Crippen molar-refractivity contribution in [3.63, 3.8) is 0 Å². The van der Waals surface area contributed by atoms with Crippen LogP contribution in [-0.2, 0) is 6.54 Å². The van der Waals surface area contributed by atoms with Crippen LogP contribution >= 0.6 is 11.6 Å². The number of halogens is 1. The largest absolute Gasteiger partial charge is 0.493 e. The molecule has 1 aliphatic rings. The number of para-hydroxylation sites is 1. The van der Waals surface area contributed by atoms with Gasteiger partial charge in [-0.2, -0.15) is 0 Å². The van der Waals surface area contributed by atoms with Crippen LogP contribution in [0.2, 0.25) is 5.02 Å². The SMILES string of the molecule is CCOc1cc(CN[C@@H]2CCOc3ccccc32)cc(Cl)c1OC. The van der Waals surface area contributed by atoms with Crippen LogP contribution in [0.5, 0.6) is 17.2 Å². The van der Waals surface area contributed by atoms with Crippen molar-refractivity contribution in [3.8, 4) is 17.2 Å².